The van der Waals surface area contributed by atoms with Gasteiger partial charge in [0.1, 0.15) is 5.75 Å². The number of carbonyl (C=O) groups is 2. The molecule has 3 N–H and O–H groups in total. The number of halogens is 2. The van der Waals surface area contributed by atoms with Crippen LogP contribution in [0.4, 0.5) is 0 Å². The fourth-order valence-corrected chi connectivity index (χ4v) is 4.69. The molecule has 0 bridgehead atoms. The number of benzene rings is 1. The minimum atomic E-state index is -0.454. The number of nitriles is 1. The summed E-state index contributed by atoms with van der Waals surface area (Å²) >= 11 is 7.68. The maximum Gasteiger partial charge on any atom is 0.230 e. The van der Waals surface area contributed by atoms with Gasteiger partial charge in [-0.15, -0.1) is 0 Å². The van der Waals surface area contributed by atoms with Crippen molar-refractivity contribution in [2.24, 2.45) is 0 Å². The second kappa shape index (κ2) is 8.67. The molecule has 0 aromatic heterocycles. The SMILES string of the molecule is CC(C)(C)NC(=O)CSC1=C(C#N)C(c2cc(Br)c(O)c(Br)c2)CC(=O)N1. The number of nitrogens with one attached hydrogen (secondary N) is 2. The molecule has 0 aliphatic carbocycles. The van der Waals surface area contributed by atoms with Crippen molar-refractivity contribution in [3.63, 3.8) is 0 Å². The zero-order chi connectivity index (χ0) is 20.4. The molecule has 1 aromatic rings. The quantitative estimate of drug-likeness (QED) is 0.563. The minimum Gasteiger partial charge on any atom is -0.506 e. The number of thioether (sulfide) groups is 1. The molecule has 6 nitrogen and oxygen atoms in total. The monoisotopic (exact) mass is 515 g/mol. The predicted octanol–water partition coefficient (Wildman–Crippen LogP) is 3.90. The number of amides is 2. The molecule has 1 heterocycles. The molecule has 1 aromatic carbocycles. The zero-order valence-electron chi connectivity index (χ0n) is 15.0. The summed E-state index contributed by atoms with van der Waals surface area (Å²) in [6.07, 6.45) is 0.116. The van der Waals surface area contributed by atoms with Gasteiger partial charge in [0.05, 0.1) is 31.4 Å². The summed E-state index contributed by atoms with van der Waals surface area (Å²) in [4.78, 5) is 24.3. The molecule has 27 heavy (non-hydrogen) atoms. The van der Waals surface area contributed by atoms with Gasteiger partial charge in [0, 0.05) is 17.9 Å². The number of hydrogen-bond donors (Lipinski definition) is 3. The highest BCUT2D eigenvalue weighted by molar-refractivity contribution is 9.11. The molecule has 1 unspecified atom stereocenters. The predicted molar refractivity (Wildman–Crippen MR) is 112 cm³/mol. The summed E-state index contributed by atoms with van der Waals surface area (Å²) < 4.78 is 0.933. The third-order valence-corrected chi connectivity index (χ3v) is 5.89. The van der Waals surface area contributed by atoms with Crippen LogP contribution in [0, 0.1) is 11.3 Å². The first-order valence-corrected chi connectivity index (χ1v) is 10.6. The molecule has 0 spiro atoms. The van der Waals surface area contributed by atoms with Crippen molar-refractivity contribution in [3.8, 4) is 11.8 Å². The van der Waals surface area contributed by atoms with Crippen LogP contribution in [0.3, 0.4) is 0 Å². The van der Waals surface area contributed by atoms with Crippen molar-refractivity contribution in [2.75, 3.05) is 5.75 Å². The van der Waals surface area contributed by atoms with E-state index in [0.29, 0.717) is 19.5 Å². The van der Waals surface area contributed by atoms with Crippen LogP contribution in [0.2, 0.25) is 0 Å². The first kappa shape index (κ1) is 21.8. The van der Waals surface area contributed by atoms with Gasteiger partial charge in [-0.05, 0) is 70.3 Å². The summed E-state index contributed by atoms with van der Waals surface area (Å²) in [5.41, 5.74) is 0.760. The Morgan fingerprint density at radius 3 is 2.52 bits per heavy atom. The fraction of sp³-hybridized carbons (Fsp3) is 0.389. The largest absolute Gasteiger partial charge is 0.506 e. The minimum absolute atomic E-state index is 0.0509. The van der Waals surface area contributed by atoms with Gasteiger partial charge in [-0.3, -0.25) is 9.59 Å². The van der Waals surface area contributed by atoms with Crippen LogP contribution in [0.1, 0.15) is 38.7 Å². The van der Waals surface area contributed by atoms with Crippen molar-refractivity contribution in [3.05, 3.63) is 37.2 Å². The van der Waals surface area contributed by atoms with Crippen molar-refractivity contribution >= 4 is 55.4 Å². The van der Waals surface area contributed by atoms with E-state index in [2.05, 4.69) is 48.6 Å². The van der Waals surface area contributed by atoms with Crippen LogP contribution in [-0.4, -0.2) is 28.2 Å². The molecule has 0 saturated carbocycles. The van der Waals surface area contributed by atoms with E-state index in [0.717, 1.165) is 17.3 Å². The number of nitrogens with zero attached hydrogens (tertiary/aromatic N) is 1. The van der Waals surface area contributed by atoms with Gasteiger partial charge in [0.15, 0.2) is 0 Å². The lowest BCUT2D eigenvalue weighted by atomic mass is 9.87. The van der Waals surface area contributed by atoms with E-state index in [9.17, 15) is 20.0 Å². The molecule has 9 heteroatoms. The van der Waals surface area contributed by atoms with Gasteiger partial charge in [0.2, 0.25) is 11.8 Å². The van der Waals surface area contributed by atoms with Gasteiger partial charge in [-0.1, -0.05) is 11.8 Å². The Hall–Kier alpha value is -1.50. The number of phenolic OH excluding ortho intramolecular Hbond substituents is 1. The van der Waals surface area contributed by atoms with E-state index in [-0.39, 0.29) is 35.3 Å². The summed E-state index contributed by atoms with van der Waals surface area (Å²) in [7, 11) is 0. The van der Waals surface area contributed by atoms with E-state index in [1.54, 1.807) is 12.1 Å². The van der Waals surface area contributed by atoms with E-state index in [1.807, 2.05) is 20.8 Å². The van der Waals surface area contributed by atoms with Crippen LogP contribution in [0.25, 0.3) is 0 Å². The lowest BCUT2D eigenvalue weighted by Gasteiger charge is -2.26. The Bertz CT molecular complexity index is 833. The lowest BCUT2D eigenvalue weighted by Crippen LogP contribution is -2.41. The smallest absolute Gasteiger partial charge is 0.230 e. The standard InChI is InChI=1S/C18H19Br2N3O3S/c1-18(2,3)23-15(25)8-27-17-11(7-21)10(6-14(24)22-17)9-4-12(19)16(26)13(20)5-9/h4-5,10,26H,6,8H2,1-3H3,(H,22,24)(H,23,25). The summed E-state index contributed by atoms with van der Waals surface area (Å²) in [5.74, 6) is -0.713. The van der Waals surface area contributed by atoms with Gasteiger partial charge < -0.3 is 15.7 Å². The Labute approximate surface area is 179 Å². The van der Waals surface area contributed by atoms with Crippen LogP contribution in [-0.2, 0) is 9.59 Å². The number of hydrogen-bond acceptors (Lipinski definition) is 5. The fourth-order valence-electron chi connectivity index (χ4n) is 2.60. The van der Waals surface area contributed by atoms with Crippen molar-refractivity contribution in [1.82, 2.24) is 10.6 Å². The molecule has 144 valence electrons. The van der Waals surface area contributed by atoms with E-state index in [1.165, 1.54) is 0 Å². The van der Waals surface area contributed by atoms with Crippen LogP contribution in [0.5, 0.6) is 5.75 Å². The number of phenols is 1. The Morgan fingerprint density at radius 2 is 2.00 bits per heavy atom. The third-order valence-electron chi connectivity index (χ3n) is 3.66. The molecule has 0 saturated heterocycles. The summed E-state index contributed by atoms with van der Waals surface area (Å²) in [6.45, 7) is 5.65. The third kappa shape index (κ3) is 5.74. The molecular formula is C18H19Br2N3O3S. The molecular weight excluding hydrogens is 498 g/mol. The topological polar surface area (TPSA) is 102 Å². The maximum atomic E-state index is 12.2. The number of allylic oxidation sites excluding steroid dienone is 1. The number of carbonyl (C=O) groups excluding carboxylic acids is 2. The van der Waals surface area contributed by atoms with E-state index in [4.69, 9.17) is 0 Å². The van der Waals surface area contributed by atoms with Crippen LogP contribution in [0.15, 0.2) is 31.7 Å². The highest BCUT2D eigenvalue weighted by Crippen LogP contribution is 2.41. The lowest BCUT2D eigenvalue weighted by molar-refractivity contribution is -0.121. The molecule has 2 amide bonds. The van der Waals surface area contributed by atoms with Crippen molar-refractivity contribution < 1.29 is 14.7 Å². The second-order valence-corrected chi connectivity index (χ2v) is 9.77. The zero-order valence-corrected chi connectivity index (χ0v) is 19.0. The number of rotatable bonds is 4. The highest BCUT2D eigenvalue weighted by Gasteiger charge is 2.31. The van der Waals surface area contributed by atoms with E-state index < -0.39 is 5.92 Å². The van der Waals surface area contributed by atoms with Gasteiger partial charge in [-0.2, -0.15) is 5.26 Å². The number of aromatic hydroxyl groups is 1. The first-order chi connectivity index (χ1) is 12.5. The van der Waals surface area contributed by atoms with Crippen molar-refractivity contribution in [1.29, 1.82) is 5.26 Å². The summed E-state index contributed by atoms with van der Waals surface area (Å²) in [5, 5.41) is 25.5. The average molecular weight is 517 g/mol. The average Bonchev–Trinajstić information content (AvgIpc) is 2.55. The molecule has 0 radical (unpaired) electrons. The van der Waals surface area contributed by atoms with Crippen LogP contribution < -0.4 is 10.6 Å². The van der Waals surface area contributed by atoms with Crippen LogP contribution >= 0.6 is 43.6 Å². The summed E-state index contributed by atoms with van der Waals surface area (Å²) in [6, 6.07) is 5.55. The van der Waals surface area contributed by atoms with E-state index >= 15 is 0 Å². The molecule has 1 aliphatic heterocycles. The highest BCUT2D eigenvalue weighted by atomic mass is 79.9. The Balaban J connectivity index is 2.31. The molecule has 1 atom stereocenters. The Morgan fingerprint density at radius 1 is 1.41 bits per heavy atom. The normalized spacial score (nSPS) is 17.3. The Kier molecular flexibility index (Phi) is 7.00. The first-order valence-electron chi connectivity index (χ1n) is 8.07. The van der Waals surface area contributed by atoms with Crippen molar-refractivity contribution in [2.45, 2.75) is 38.6 Å². The second-order valence-electron chi connectivity index (χ2n) is 7.08. The maximum absolute atomic E-state index is 12.2. The molecule has 0 fully saturated rings. The molecule has 1 aliphatic rings. The van der Waals surface area contributed by atoms with Gasteiger partial charge in [0.25, 0.3) is 0 Å². The van der Waals surface area contributed by atoms with Gasteiger partial charge in [-0.25, -0.2) is 0 Å². The van der Waals surface area contributed by atoms with Gasteiger partial charge >= 0.3 is 0 Å². The molecule has 2 rings (SSSR count).